The third-order valence-corrected chi connectivity index (χ3v) is 5.71. The second-order valence-electron chi connectivity index (χ2n) is 9.49. The fraction of sp³-hybridized carbons (Fsp3) is 0.312. The molecule has 3 aromatic carbocycles. The molecule has 7 heteroatoms. The second kappa shape index (κ2) is 14.6. The second-order valence-corrected chi connectivity index (χ2v) is 9.49. The van der Waals surface area contributed by atoms with Crippen molar-refractivity contribution < 1.29 is 19.1 Å². The Morgan fingerprint density at radius 2 is 1.38 bits per heavy atom. The molecule has 7 nitrogen and oxygen atoms in total. The van der Waals surface area contributed by atoms with Gasteiger partial charge >= 0.3 is 6.09 Å². The quantitative estimate of drug-likeness (QED) is 0.354. The zero-order valence-electron chi connectivity index (χ0n) is 23.8. The lowest BCUT2D eigenvalue weighted by Gasteiger charge is -2.37. The molecule has 0 aliphatic carbocycles. The van der Waals surface area contributed by atoms with Crippen molar-refractivity contribution in [2.75, 3.05) is 31.1 Å². The van der Waals surface area contributed by atoms with Gasteiger partial charge in [0.2, 0.25) is 5.91 Å². The summed E-state index contributed by atoms with van der Waals surface area (Å²) in [4.78, 5) is 28.5. The summed E-state index contributed by atoms with van der Waals surface area (Å²) in [6, 6.07) is 22.8. The number of benzene rings is 3. The fourth-order valence-corrected chi connectivity index (χ4v) is 3.98. The summed E-state index contributed by atoms with van der Waals surface area (Å²) >= 11 is 0. The minimum absolute atomic E-state index is 0.292. The number of nitrogens with zero attached hydrogens (tertiary/aromatic N) is 2. The molecule has 2 N–H and O–H groups in total. The van der Waals surface area contributed by atoms with E-state index in [1.807, 2.05) is 101 Å². The number of primary amides is 1. The number of anilines is 1. The highest BCUT2D eigenvalue weighted by Crippen LogP contribution is 2.31. The molecule has 1 heterocycles. The minimum atomic E-state index is -0.518. The van der Waals surface area contributed by atoms with Crippen molar-refractivity contribution in [3.8, 4) is 22.6 Å². The standard InChI is InChI=1S/C28H31N3O4.C2H6.C2H4/c1-28(2,3)35-27(33)31-17-15-30(16-18-31)21-11-14-24(26(29)32)25(19-21)20-9-12-23(13-10-20)34-22-7-5-4-6-8-22;2*1-2/h4-14,19H,15-18H2,1-3H3,(H2,29,32);1-2H3;1-2H2. The van der Waals surface area contributed by atoms with Crippen LogP contribution in [0, 0.1) is 0 Å². The maximum absolute atomic E-state index is 12.4. The van der Waals surface area contributed by atoms with E-state index < -0.39 is 11.5 Å². The van der Waals surface area contributed by atoms with E-state index in [1.165, 1.54) is 0 Å². The normalized spacial score (nSPS) is 12.7. The first-order valence-corrected chi connectivity index (χ1v) is 13.2. The zero-order chi connectivity index (χ0) is 29.0. The summed E-state index contributed by atoms with van der Waals surface area (Å²) in [6.07, 6.45) is -0.292. The van der Waals surface area contributed by atoms with Crippen LogP contribution in [0.4, 0.5) is 10.5 Å². The van der Waals surface area contributed by atoms with Crippen molar-refractivity contribution in [2.24, 2.45) is 5.73 Å². The van der Waals surface area contributed by atoms with Crippen molar-refractivity contribution in [3.05, 3.63) is 91.5 Å². The maximum atomic E-state index is 12.4. The molecule has 0 unspecified atom stereocenters. The number of rotatable bonds is 5. The SMILES string of the molecule is C=C.CC.CC(C)(C)OC(=O)N1CCN(c2ccc(C(N)=O)c(-c3ccc(Oc4ccccc4)cc3)c2)CC1. The van der Waals surface area contributed by atoms with Gasteiger partial charge in [0.25, 0.3) is 0 Å². The van der Waals surface area contributed by atoms with Gasteiger partial charge in [-0.05, 0) is 74.4 Å². The summed E-state index contributed by atoms with van der Waals surface area (Å²) < 4.78 is 11.4. The van der Waals surface area contributed by atoms with E-state index in [-0.39, 0.29) is 6.09 Å². The Kier molecular flexibility index (Phi) is 11.6. The van der Waals surface area contributed by atoms with Crippen LogP contribution in [-0.4, -0.2) is 48.7 Å². The third-order valence-electron chi connectivity index (χ3n) is 5.71. The van der Waals surface area contributed by atoms with Gasteiger partial charge in [-0.3, -0.25) is 4.79 Å². The first kappa shape index (κ1) is 31.0. The molecular weight excluding hydrogens is 490 g/mol. The molecule has 0 radical (unpaired) electrons. The van der Waals surface area contributed by atoms with Crippen LogP contribution < -0.4 is 15.4 Å². The van der Waals surface area contributed by atoms with Crippen LogP contribution in [0.25, 0.3) is 11.1 Å². The Bertz CT molecular complexity index is 1200. The average Bonchev–Trinajstić information content (AvgIpc) is 2.95. The lowest BCUT2D eigenvalue weighted by Crippen LogP contribution is -2.50. The molecule has 0 saturated carbocycles. The Morgan fingerprint density at radius 3 is 1.92 bits per heavy atom. The van der Waals surface area contributed by atoms with Crippen molar-refractivity contribution in [3.63, 3.8) is 0 Å². The molecule has 1 fully saturated rings. The summed E-state index contributed by atoms with van der Waals surface area (Å²) in [5, 5.41) is 0. The van der Waals surface area contributed by atoms with Crippen molar-refractivity contribution in [2.45, 2.75) is 40.2 Å². The molecule has 0 spiro atoms. The number of para-hydroxylation sites is 1. The molecule has 0 aromatic heterocycles. The van der Waals surface area contributed by atoms with Crippen molar-refractivity contribution >= 4 is 17.7 Å². The van der Waals surface area contributed by atoms with Crippen LogP contribution in [0.2, 0.25) is 0 Å². The molecule has 39 heavy (non-hydrogen) atoms. The topological polar surface area (TPSA) is 85.1 Å². The van der Waals surface area contributed by atoms with E-state index >= 15 is 0 Å². The number of piperazine rings is 1. The number of carbonyl (C=O) groups is 2. The lowest BCUT2D eigenvalue weighted by atomic mass is 9.98. The van der Waals surface area contributed by atoms with Crippen LogP contribution >= 0.6 is 0 Å². The minimum Gasteiger partial charge on any atom is -0.457 e. The van der Waals surface area contributed by atoms with Gasteiger partial charge in [-0.25, -0.2) is 4.79 Å². The van der Waals surface area contributed by atoms with E-state index in [0.29, 0.717) is 37.5 Å². The highest BCUT2D eigenvalue weighted by atomic mass is 16.6. The van der Waals surface area contributed by atoms with E-state index in [1.54, 1.807) is 11.0 Å². The highest BCUT2D eigenvalue weighted by molar-refractivity contribution is 6.00. The molecule has 3 aromatic rings. The summed E-state index contributed by atoms with van der Waals surface area (Å²) in [5.41, 5.74) is 8.22. The summed E-state index contributed by atoms with van der Waals surface area (Å²) in [5.74, 6) is 0.978. The van der Waals surface area contributed by atoms with Gasteiger partial charge < -0.3 is 25.0 Å². The van der Waals surface area contributed by atoms with Crippen LogP contribution in [-0.2, 0) is 4.74 Å². The average molecular weight is 532 g/mol. The van der Waals surface area contributed by atoms with Gasteiger partial charge in [-0.2, -0.15) is 0 Å². The summed E-state index contributed by atoms with van der Waals surface area (Å²) in [7, 11) is 0. The lowest BCUT2D eigenvalue weighted by molar-refractivity contribution is 0.0240. The largest absolute Gasteiger partial charge is 0.457 e. The third kappa shape index (κ3) is 8.92. The number of hydrogen-bond acceptors (Lipinski definition) is 5. The number of carbonyl (C=O) groups excluding carboxylic acids is 2. The zero-order valence-corrected chi connectivity index (χ0v) is 23.8. The molecule has 1 saturated heterocycles. The Morgan fingerprint density at radius 1 is 0.821 bits per heavy atom. The van der Waals surface area contributed by atoms with Crippen molar-refractivity contribution in [1.29, 1.82) is 0 Å². The molecule has 0 atom stereocenters. The maximum Gasteiger partial charge on any atom is 0.410 e. The highest BCUT2D eigenvalue weighted by Gasteiger charge is 2.26. The van der Waals surface area contributed by atoms with E-state index in [0.717, 1.165) is 22.6 Å². The molecule has 208 valence electrons. The Hall–Kier alpha value is -4.26. The molecule has 1 aliphatic heterocycles. The van der Waals surface area contributed by atoms with Crippen molar-refractivity contribution in [1.82, 2.24) is 4.90 Å². The smallest absolute Gasteiger partial charge is 0.410 e. The number of nitrogens with two attached hydrogens (primary N) is 1. The Labute approximate surface area is 232 Å². The van der Waals surface area contributed by atoms with E-state index in [2.05, 4.69) is 18.1 Å². The van der Waals surface area contributed by atoms with Gasteiger partial charge in [0.05, 0.1) is 0 Å². The van der Waals surface area contributed by atoms with E-state index in [4.69, 9.17) is 15.2 Å². The first-order valence-electron chi connectivity index (χ1n) is 13.2. The van der Waals surface area contributed by atoms with Gasteiger partial charge in [0, 0.05) is 37.4 Å². The van der Waals surface area contributed by atoms with Gasteiger partial charge in [0.15, 0.2) is 0 Å². The van der Waals surface area contributed by atoms with E-state index in [9.17, 15) is 9.59 Å². The molecule has 1 aliphatic rings. The fourth-order valence-electron chi connectivity index (χ4n) is 3.98. The summed E-state index contributed by atoms with van der Waals surface area (Å²) in [6.45, 7) is 18.0. The van der Waals surface area contributed by atoms with Crippen LogP contribution in [0.1, 0.15) is 45.0 Å². The molecule has 4 rings (SSSR count). The predicted octanol–water partition coefficient (Wildman–Crippen LogP) is 7.13. The molecule has 0 bridgehead atoms. The molecule has 2 amide bonds. The number of amides is 2. The predicted molar refractivity (Wildman–Crippen MR) is 160 cm³/mol. The van der Waals surface area contributed by atoms with Gasteiger partial charge in [-0.15, -0.1) is 13.2 Å². The van der Waals surface area contributed by atoms with Crippen LogP contribution in [0.15, 0.2) is 86.0 Å². The first-order chi connectivity index (χ1) is 18.7. The number of ether oxygens (including phenoxy) is 2. The van der Waals surface area contributed by atoms with Crippen LogP contribution in [0.3, 0.4) is 0 Å². The van der Waals surface area contributed by atoms with Gasteiger partial charge in [-0.1, -0.05) is 44.2 Å². The van der Waals surface area contributed by atoms with Crippen LogP contribution in [0.5, 0.6) is 11.5 Å². The number of hydrogen-bond donors (Lipinski definition) is 1. The molecular formula is C32H41N3O4. The Balaban J connectivity index is 0.00000127. The monoisotopic (exact) mass is 531 g/mol. The van der Waals surface area contributed by atoms with Gasteiger partial charge in [0.1, 0.15) is 17.1 Å².